The van der Waals surface area contributed by atoms with E-state index in [1.54, 1.807) is 37.4 Å². The normalized spacial score (nSPS) is 11.5. The maximum atomic E-state index is 13.3. The summed E-state index contributed by atoms with van der Waals surface area (Å²) in [5.74, 6) is 0.572. The predicted octanol–water partition coefficient (Wildman–Crippen LogP) is 3.85. The molecule has 0 saturated carbocycles. The van der Waals surface area contributed by atoms with Crippen LogP contribution in [-0.4, -0.2) is 52.2 Å². The number of ether oxygens (including phenoxy) is 2. The summed E-state index contributed by atoms with van der Waals surface area (Å²) in [5, 5.41) is 3.97. The van der Waals surface area contributed by atoms with E-state index in [2.05, 4.69) is 26.5 Å². The fourth-order valence-corrected chi connectivity index (χ4v) is 4.89. The first-order valence-electron chi connectivity index (χ1n) is 10.7. The molecule has 0 atom stereocenters. The van der Waals surface area contributed by atoms with Crippen molar-refractivity contribution in [3.05, 3.63) is 88.4 Å². The van der Waals surface area contributed by atoms with E-state index >= 15 is 0 Å². The second kappa shape index (κ2) is 12.5. The number of methoxy groups -OCH3 is 2. The minimum atomic E-state index is -3.91. The summed E-state index contributed by atoms with van der Waals surface area (Å²) in [5.41, 5.74) is 3.99. The standard InChI is InChI=1S/C25H26BrN3O5S/c1-33-22-11-8-20(24(16-22)34-2)17-27-28-25(30)18-29(15-14-19-6-4-3-5-7-19)35(31,32)23-12-9-21(26)10-13-23/h3-13,16-17H,14-15,18H2,1-2H3,(H,28,30)/b27-17-. The van der Waals surface area contributed by atoms with Crippen molar-refractivity contribution in [1.82, 2.24) is 9.73 Å². The lowest BCUT2D eigenvalue weighted by molar-refractivity contribution is -0.121. The number of benzene rings is 3. The molecule has 10 heteroatoms. The number of carbonyl (C=O) groups is 1. The van der Waals surface area contributed by atoms with E-state index in [9.17, 15) is 13.2 Å². The first-order chi connectivity index (χ1) is 16.8. The van der Waals surface area contributed by atoms with E-state index in [0.29, 0.717) is 23.5 Å². The lowest BCUT2D eigenvalue weighted by atomic mass is 10.1. The van der Waals surface area contributed by atoms with Crippen molar-refractivity contribution in [3.63, 3.8) is 0 Å². The molecule has 0 fully saturated rings. The highest BCUT2D eigenvalue weighted by Gasteiger charge is 2.26. The molecule has 0 bridgehead atoms. The third-order valence-electron chi connectivity index (χ3n) is 5.10. The Morgan fingerprint density at radius 2 is 1.74 bits per heavy atom. The van der Waals surface area contributed by atoms with Crippen molar-refractivity contribution in [2.45, 2.75) is 11.3 Å². The predicted molar refractivity (Wildman–Crippen MR) is 138 cm³/mol. The van der Waals surface area contributed by atoms with Crippen molar-refractivity contribution in [2.75, 3.05) is 27.3 Å². The Morgan fingerprint density at radius 3 is 2.40 bits per heavy atom. The average Bonchev–Trinajstić information content (AvgIpc) is 2.87. The van der Waals surface area contributed by atoms with Crippen LogP contribution in [0.15, 0.2) is 87.3 Å². The zero-order valence-corrected chi connectivity index (χ0v) is 21.8. The van der Waals surface area contributed by atoms with Gasteiger partial charge >= 0.3 is 0 Å². The molecule has 0 saturated heterocycles. The fourth-order valence-electron chi connectivity index (χ4n) is 3.23. The monoisotopic (exact) mass is 559 g/mol. The Labute approximate surface area is 213 Å². The van der Waals surface area contributed by atoms with Crippen molar-refractivity contribution >= 4 is 38.1 Å². The van der Waals surface area contributed by atoms with Crippen LogP contribution in [0.5, 0.6) is 11.5 Å². The largest absolute Gasteiger partial charge is 0.497 e. The topological polar surface area (TPSA) is 97.3 Å². The minimum absolute atomic E-state index is 0.105. The quantitative estimate of drug-likeness (QED) is 0.284. The number of nitrogens with zero attached hydrogens (tertiary/aromatic N) is 2. The van der Waals surface area contributed by atoms with Gasteiger partial charge < -0.3 is 9.47 Å². The van der Waals surface area contributed by atoms with Crippen LogP contribution in [0.3, 0.4) is 0 Å². The summed E-state index contributed by atoms with van der Waals surface area (Å²) in [7, 11) is -0.846. The maximum Gasteiger partial charge on any atom is 0.255 e. The second-order valence-electron chi connectivity index (χ2n) is 7.43. The van der Waals surface area contributed by atoms with Gasteiger partial charge in [-0.05, 0) is 48.4 Å². The van der Waals surface area contributed by atoms with E-state index in [4.69, 9.17) is 9.47 Å². The van der Waals surface area contributed by atoms with Gasteiger partial charge in [0, 0.05) is 22.6 Å². The SMILES string of the molecule is COc1ccc(/C=N\NC(=O)CN(CCc2ccccc2)S(=O)(=O)c2ccc(Br)cc2)c(OC)c1. The number of sulfonamides is 1. The van der Waals surface area contributed by atoms with E-state index < -0.39 is 15.9 Å². The van der Waals surface area contributed by atoms with E-state index in [-0.39, 0.29) is 18.0 Å². The van der Waals surface area contributed by atoms with Gasteiger partial charge in [0.25, 0.3) is 5.91 Å². The van der Waals surface area contributed by atoms with Crippen LogP contribution in [0.4, 0.5) is 0 Å². The number of halogens is 1. The van der Waals surface area contributed by atoms with Gasteiger partial charge in [0.1, 0.15) is 11.5 Å². The van der Waals surface area contributed by atoms with Gasteiger partial charge in [0.15, 0.2) is 0 Å². The third-order valence-corrected chi connectivity index (χ3v) is 7.49. The lowest BCUT2D eigenvalue weighted by Crippen LogP contribution is -2.40. The first-order valence-corrected chi connectivity index (χ1v) is 12.9. The van der Waals surface area contributed by atoms with Crippen LogP contribution in [-0.2, 0) is 21.2 Å². The van der Waals surface area contributed by atoms with Gasteiger partial charge in [-0.15, -0.1) is 0 Å². The zero-order chi connectivity index (χ0) is 25.3. The highest BCUT2D eigenvalue weighted by Crippen LogP contribution is 2.23. The van der Waals surface area contributed by atoms with Gasteiger partial charge in [-0.2, -0.15) is 9.41 Å². The van der Waals surface area contributed by atoms with Crippen molar-refractivity contribution < 1.29 is 22.7 Å². The van der Waals surface area contributed by atoms with E-state index in [1.165, 1.54) is 25.5 Å². The van der Waals surface area contributed by atoms with Crippen molar-refractivity contribution in [1.29, 1.82) is 0 Å². The van der Waals surface area contributed by atoms with Crippen molar-refractivity contribution in [3.8, 4) is 11.5 Å². The number of hydrazone groups is 1. The number of amides is 1. The number of nitrogens with one attached hydrogen (secondary N) is 1. The number of carbonyl (C=O) groups excluding carboxylic acids is 1. The van der Waals surface area contributed by atoms with Crippen molar-refractivity contribution in [2.24, 2.45) is 5.10 Å². The molecule has 0 aliphatic heterocycles. The molecule has 1 N–H and O–H groups in total. The molecular weight excluding hydrogens is 534 g/mol. The molecule has 0 aromatic heterocycles. The summed E-state index contributed by atoms with van der Waals surface area (Å²) in [4.78, 5) is 12.8. The Balaban J connectivity index is 1.74. The average molecular weight is 560 g/mol. The molecule has 0 aliphatic rings. The molecule has 3 aromatic carbocycles. The van der Waals surface area contributed by atoms with E-state index in [0.717, 1.165) is 14.3 Å². The summed E-state index contributed by atoms with van der Waals surface area (Å²) in [6.07, 6.45) is 1.88. The summed E-state index contributed by atoms with van der Waals surface area (Å²) in [6, 6.07) is 21.0. The van der Waals surface area contributed by atoms with Gasteiger partial charge in [0.05, 0.1) is 31.9 Å². The molecule has 3 rings (SSSR count). The summed E-state index contributed by atoms with van der Waals surface area (Å²) >= 11 is 3.31. The van der Waals surface area contributed by atoms with Gasteiger partial charge in [-0.1, -0.05) is 46.3 Å². The minimum Gasteiger partial charge on any atom is -0.497 e. The molecule has 0 radical (unpaired) electrons. The third kappa shape index (κ3) is 7.38. The molecular formula is C25H26BrN3O5S. The molecule has 0 heterocycles. The molecule has 0 spiro atoms. The Morgan fingerprint density at radius 1 is 1.03 bits per heavy atom. The molecule has 0 unspecified atom stereocenters. The number of hydrogen-bond acceptors (Lipinski definition) is 6. The Kier molecular flexibility index (Phi) is 9.41. The Bertz CT molecular complexity index is 1270. The van der Waals surface area contributed by atoms with Crippen LogP contribution >= 0.6 is 15.9 Å². The Hall–Kier alpha value is -3.21. The lowest BCUT2D eigenvalue weighted by Gasteiger charge is -2.21. The summed E-state index contributed by atoms with van der Waals surface area (Å²) < 4.78 is 39.0. The van der Waals surface area contributed by atoms with Crippen LogP contribution in [0, 0.1) is 0 Å². The second-order valence-corrected chi connectivity index (χ2v) is 10.3. The maximum absolute atomic E-state index is 13.3. The molecule has 1 amide bonds. The first kappa shape index (κ1) is 26.4. The fraction of sp³-hybridized carbons (Fsp3) is 0.200. The zero-order valence-electron chi connectivity index (χ0n) is 19.3. The molecule has 184 valence electrons. The molecule has 8 nitrogen and oxygen atoms in total. The number of rotatable bonds is 11. The molecule has 3 aromatic rings. The van der Waals surface area contributed by atoms with Gasteiger partial charge in [-0.25, -0.2) is 13.8 Å². The number of hydrogen-bond donors (Lipinski definition) is 1. The van der Waals surface area contributed by atoms with Gasteiger partial charge in [0.2, 0.25) is 10.0 Å². The highest BCUT2D eigenvalue weighted by molar-refractivity contribution is 9.10. The van der Waals surface area contributed by atoms with Crippen LogP contribution in [0.1, 0.15) is 11.1 Å². The van der Waals surface area contributed by atoms with Crippen LogP contribution in [0.25, 0.3) is 0 Å². The highest BCUT2D eigenvalue weighted by atomic mass is 79.9. The van der Waals surface area contributed by atoms with Crippen LogP contribution in [0.2, 0.25) is 0 Å². The molecule has 35 heavy (non-hydrogen) atoms. The smallest absolute Gasteiger partial charge is 0.255 e. The van der Waals surface area contributed by atoms with Gasteiger partial charge in [-0.3, -0.25) is 4.79 Å². The van der Waals surface area contributed by atoms with Crippen LogP contribution < -0.4 is 14.9 Å². The molecule has 0 aliphatic carbocycles. The summed E-state index contributed by atoms with van der Waals surface area (Å²) in [6.45, 7) is -0.256. The van der Waals surface area contributed by atoms with E-state index in [1.807, 2.05) is 30.3 Å².